The Labute approximate surface area is 159 Å². The molecule has 2 rings (SSSR count). The van der Waals surface area contributed by atoms with Crippen molar-refractivity contribution in [3.63, 3.8) is 0 Å². The molecule has 1 saturated carbocycles. The van der Waals surface area contributed by atoms with Crippen LogP contribution in [-0.2, 0) is 14.3 Å². The fraction of sp³-hybridized carbons (Fsp3) is 0.900. The van der Waals surface area contributed by atoms with Gasteiger partial charge in [0, 0.05) is 32.7 Å². The number of carbonyl (C=O) groups excluding carboxylic acids is 2. The quantitative estimate of drug-likeness (QED) is 0.753. The van der Waals surface area contributed by atoms with Gasteiger partial charge in [0.15, 0.2) is 0 Å². The van der Waals surface area contributed by atoms with Gasteiger partial charge in [-0.2, -0.15) is 0 Å². The Morgan fingerprint density at radius 1 is 1.15 bits per heavy atom. The third kappa shape index (κ3) is 7.62. The molecule has 1 heterocycles. The summed E-state index contributed by atoms with van der Waals surface area (Å²) in [6.45, 7) is 9.26. The van der Waals surface area contributed by atoms with E-state index in [1.807, 2.05) is 20.8 Å². The molecule has 1 saturated heterocycles. The Bertz CT molecular complexity index is 425. The summed E-state index contributed by atoms with van der Waals surface area (Å²) in [7, 11) is 0. The molecule has 3 atom stereocenters. The van der Waals surface area contributed by atoms with E-state index >= 15 is 0 Å². The zero-order valence-corrected chi connectivity index (χ0v) is 17.1. The number of nitrogens with two attached hydrogens (primary N) is 1. The van der Waals surface area contributed by atoms with E-state index in [2.05, 4.69) is 5.32 Å². The summed E-state index contributed by atoms with van der Waals surface area (Å²) in [5.41, 5.74) is 5.98. The lowest BCUT2D eigenvalue weighted by atomic mass is 9.90. The van der Waals surface area contributed by atoms with Gasteiger partial charge in [-0.3, -0.25) is 9.59 Å². The number of rotatable bonds is 6. The number of piperidine rings is 1. The van der Waals surface area contributed by atoms with Crippen molar-refractivity contribution in [1.29, 1.82) is 0 Å². The van der Waals surface area contributed by atoms with Crippen molar-refractivity contribution in [3.8, 4) is 0 Å². The summed E-state index contributed by atoms with van der Waals surface area (Å²) in [5, 5.41) is 2.78. The molecule has 2 fully saturated rings. The number of nitrogens with one attached hydrogen (secondary N) is 1. The van der Waals surface area contributed by atoms with E-state index in [1.54, 1.807) is 4.90 Å². The molecule has 0 radical (unpaired) electrons. The Balaban J connectivity index is 0.00000163. The maximum atomic E-state index is 12.8. The maximum absolute atomic E-state index is 12.8. The van der Waals surface area contributed by atoms with Gasteiger partial charge in [-0.05, 0) is 38.5 Å². The lowest BCUT2D eigenvalue weighted by molar-refractivity contribution is -0.141. The van der Waals surface area contributed by atoms with Crippen molar-refractivity contribution in [2.75, 3.05) is 19.7 Å². The number of likely N-dealkylation sites (tertiary alicyclic amines) is 1. The van der Waals surface area contributed by atoms with Gasteiger partial charge < -0.3 is 20.7 Å². The summed E-state index contributed by atoms with van der Waals surface area (Å²) in [5.74, 6) is 0.303. The molecule has 1 aliphatic carbocycles. The maximum Gasteiger partial charge on any atom is 0.247 e. The third-order valence-electron chi connectivity index (χ3n) is 5.18. The molecule has 1 aliphatic heterocycles. The minimum atomic E-state index is -0.628. The van der Waals surface area contributed by atoms with Crippen LogP contribution in [0.15, 0.2) is 0 Å². The highest BCUT2D eigenvalue weighted by atomic mass is 16.5. The van der Waals surface area contributed by atoms with Crippen LogP contribution < -0.4 is 11.1 Å². The highest BCUT2D eigenvalue weighted by molar-refractivity contribution is 5.87. The number of ether oxygens (including phenoxy) is 1. The zero-order chi connectivity index (χ0) is 19.5. The standard InChI is InChI=1S/C18H33N3O3.C2H6/c1-13(24-12-15-7-4-3-5-8-15)17(20-14(2)22)18(23)21-10-6-9-16(19)11-21;1-2/h13,15-17H,3-12,19H2,1-2H3,(H,20,22);1-2H3. The van der Waals surface area contributed by atoms with Crippen LogP contribution in [0.1, 0.15) is 72.6 Å². The first-order valence-corrected chi connectivity index (χ1v) is 10.4. The van der Waals surface area contributed by atoms with Gasteiger partial charge in [0.25, 0.3) is 0 Å². The van der Waals surface area contributed by atoms with Crippen molar-refractivity contribution in [1.82, 2.24) is 10.2 Å². The average Bonchev–Trinajstić information content (AvgIpc) is 2.66. The first-order chi connectivity index (χ1) is 12.5. The number of hydrogen-bond acceptors (Lipinski definition) is 4. The van der Waals surface area contributed by atoms with Gasteiger partial charge in [-0.25, -0.2) is 0 Å². The monoisotopic (exact) mass is 369 g/mol. The van der Waals surface area contributed by atoms with Crippen LogP contribution >= 0.6 is 0 Å². The van der Waals surface area contributed by atoms with Crippen LogP contribution in [-0.4, -0.2) is 54.6 Å². The lowest BCUT2D eigenvalue weighted by Gasteiger charge is -2.35. The first-order valence-electron chi connectivity index (χ1n) is 10.4. The van der Waals surface area contributed by atoms with Crippen LogP contribution in [0.25, 0.3) is 0 Å². The van der Waals surface area contributed by atoms with Gasteiger partial charge in [0.2, 0.25) is 11.8 Å². The number of carbonyl (C=O) groups is 2. The second-order valence-corrected chi connectivity index (χ2v) is 7.41. The number of nitrogens with zero attached hydrogens (tertiary/aromatic N) is 1. The predicted molar refractivity (Wildman–Crippen MR) is 105 cm³/mol. The molecule has 26 heavy (non-hydrogen) atoms. The third-order valence-corrected chi connectivity index (χ3v) is 5.18. The summed E-state index contributed by atoms with van der Waals surface area (Å²) in [6, 6.07) is -0.601. The van der Waals surface area contributed by atoms with Crippen molar-refractivity contribution < 1.29 is 14.3 Å². The number of amides is 2. The smallest absolute Gasteiger partial charge is 0.247 e. The molecule has 2 amide bonds. The van der Waals surface area contributed by atoms with Crippen LogP contribution in [0, 0.1) is 5.92 Å². The molecular weight excluding hydrogens is 330 g/mol. The van der Waals surface area contributed by atoms with E-state index in [0.717, 1.165) is 12.8 Å². The summed E-state index contributed by atoms with van der Waals surface area (Å²) in [4.78, 5) is 26.2. The Morgan fingerprint density at radius 2 is 1.81 bits per heavy atom. The van der Waals surface area contributed by atoms with E-state index in [9.17, 15) is 9.59 Å². The van der Waals surface area contributed by atoms with Crippen molar-refractivity contribution in [2.45, 2.75) is 90.8 Å². The van der Waals surface area contributed by atoms with Crippen LogP contribution in [0.5, 0.6) is 0 Å². The fourth-order valence-electron chi connectivity index (χ4n) is 3.74. The molecule has 152 valence electrons. The van der Waals surface area contributed by atoms with Crippen molar-refractivity contribution in [3.05, 3.63) is 0 Å². The second kappa shape index (κ2) is 12.3. The van der Waals surface area contributed by atoms with E-state index in [4.69, 9.17) is 10.5 Å². The fourth-order valence-corrected chi connectivity index (χ4v) is 3.74. The topological polar surface area (TPSA) is 84.7 Å². The molecule has 6 nitrogen and oxygen atoms in total. The average molecular weight is 370 g/mol. The van der Waals surface area contributed by atoms with Gasteiger partial charge in [0.05, 0.1) is 6.10 Å². The van der Waals surface area contributed by atoms with E-state index in [1.165, 1.54) is 39.0 Å². The highest BCUT2D eigenvalue weighted by Gasteiger charge is 2.33. The molecular formula is C20H39N3O3. The minimum absolute atomic E-state index is 0.0270. The molecule has 3 N–H and O–H groups in total. The Kier molecular flexibility index (Phi) is 10.8. The summed E-state index contributed by atoms with van der Waals surface area (Å²) < 4.78 is 5.99. The molecule has 2 aliphatic rings. The van der Waals surface area contributed by atoms with Gasteiger partial charge in [0.1, 0.15) is 6.04 Å². The summed E-state index contributed by atoms with van der Waals surface area (Å²) in [6.07, 6.45) is 7.78. The van der Waals surface area contributed by atoms with Gasteiger partial charge >= 0.3 is 0 Å². The first kappa shape index (κ1) is 22.9. The molecule has 0 aromatic carbocycles. The van der Waals surface area contributed by atoms with Crippen LogP contribution in [0.3, 0.4) is 0 Å². The predicted octanol–water partition coefficient (Wildman–Crippen LogP) is 2.45. The van der Waals surface area contributed by atoms with Crippen LogP contribution in [0.2, 0.25) is 0 Å². The van der Waals surface area contributed by atoms with E-state index < -0.39 is 6.04 Å². The molecule has 6 heteroatoms. The minimum Gasteiger partial charge on any atom is -0.376 e. The van der Waals surface area contributed by atoms with E-state index in [0.29, 0.717) is 25.6 Å². The van der Waals surface area contributed by atoms with Crippen molar-refractivity contribution >= 4 is 11.8 Å². The summed E-state index contributed by atoms with van der Waals surface area (Å²) >= 11 is 0. The number of hydrogen-bond donors (Lipinski definition) is 2. The zero-order valence-electron chi connectivity index (χ0n) is 17.1. The van der Waals surface area contributed by atoms with Crippen LogP contribution in [0.4, 0.5) is 0 Å². The largest absolute Gasteiger partial charge is 0.376 e. The van der Waals surface area contributed by atoms with Crippen molar-refractivity contribution in [2.24, 2.45) is 11.7 Å². The van der Waals surface area contributed by atoms with E-state index in [-0.39, 0.29) is 24.0 Å². The molecule has 0 aromatic heterocycles. The SMILES string of the molecule is CC.CC(=O)NC(C(=O)N1CCCC(N)C1)C(C)OCC1CCCCC1. The molecule has 0 bridgehead atoms. The normalized spacial score (nSPS) is 23.4. The molecule has 0 spiro atoms. The van der Waals surface area contributed by atoms with Gasteiger partial charge in [-0.1, -0.05) is 33.1 Å². The Morgan fingerprint density at radius 3 is 2.38 bits per heavy atom. The molecule has 0 aromatic rings. The molecule has 3 unspecified atom stereocenters. The Hall–Kier alpha value is -1.14. The highest BCUT2D eigenvalue weighted by Crippen LogP contribution is 2.24. The second-order valence-electron chi connectivity index (χ2n) is 7.41. The lowest BCUT2D eigenvalue weighted by Crippen LogP contribution is -2.57. The van der Waals surface area contributed by atoms with Gasteiger partial charge in [-0.15, -0.1) is 0 Å².